The van der Waals surface area contributed by atoms with E-state index in [1.54, 1.807) is 30.3 Å². The van der Waals surface area contributed by atoms with Crippen LogP contribution in [-0.2, 0) is 21.1 Å². The lowest BCUT2D eigenvalue weighted by Crippen LogP contribution is -2.38. The van der Waals surface area contributed by atoms with Crippen LogP contribution in [0.4, 0.5) is 19.0 Å². The van der Waals surface area contributed by atoms with E-state index in [9.17, 15) is 27.6 Å². The number of ketones is 1. The number of carbonyl (C=O) groups excluding carboxylic acids is 3. The Balaban J connectivity index is 1.40. The SMILES string of the molecule is CC(C)(C)c1cc(NC(=O)C(=O)c2ccc(OCCN3CCOCC3)c3ccccc23)n(C(=O)c2cccc(C(F)(F)F)c2)n1. The Morgan fingerprint density at radius 1 is 0.933 bits per heavy atom. The van der Waals surface area contributed by atoms with E-state index in [2.05, 4.69) is 15.3 Å². The van der Waals surface area contributed by atoms with Gasteiger partial charge in [-0.2, -0.15) is 23.0 Å². The first-order valence-electron chi connectivity index (χ1n) is 14.5. The van der Waals surface area contributed by atoms with Crippen molar-refractivity contribution in [2.75, 3.05) is 44.8 Å². The molecule has 0 bridgehead atoms. The highest BCUT2D eigenvalue weighted by Crippen LogP contribution is 2.32. The molecule has 1 N–H and O–H groups in total. The van der Waals surface area contributed by atoms with Crippen LogP contribution < -0.4 is 10.1 Å². The lowest BCUT2D eigenvalue weighted by Gasteiger charge is -2.26. The predicted octanol–water partition coefficient (Wildman–Crippen LogP) is 5.57. The number of fused-ring (bicyclic) bond motifs is 1. The minimum atomic E-state index is -4.66. The van der Waals surface area contributed by atoms with E-state index in [0.717, 1.165) is 29.9 Å². The van der Waals surface area contributed by atoms with Crippen molar-refractivity contribution in [3.05, 3.63) is 89.1 Å². The number of hydrogen-bond donors (Lipinski definition) is 1. The molecule has 9 nitrogen and oxygen atoms in total. The van der Waals surface area contributed by atoms with Gasteiger partial charge in [-0.1, -0.05) is 51.1 Å². The fourth-order valence-corrected chi connectivity index (χ4v) is 4.94. The van der Waals surface area contributed by atoms with Crippen LogP contribution in [0.3, 0.4) is 0 Å². The predicted molar refractivity (Wildman–Crippen MR) is 162 cm³/mol. The van der Waals surface area contributed by atoms with Crippen LogP contribution in [0, 0.1) is 0 Å². The van der Waals surface area contributed by atoms with Gasteiger partial charge in [-0.25, -0.2) is 0 Å². The second-order valence-electron chi connectivity index (χ2n) is 11.7. The van der Waals surface area contributed by atoms with Crippen molar-refractivity contribution < 1.29 is 37.0 Å². The molecule has 0 spiro atoms. The maximum Gasteiger partial charge on any atom is 0.416 e. The number of aromatic nitrogens is 2. The highest BCUT2D eigenvalue weighted by Gasteiger charge is 2.32. The Bertz CT molecular complexity index is 1740. The summed E-state index contributed by atoms with van der Waals surface area (Å²) in [6.07, 6.45) is -4.66. The lowest BCUT2D eigenvalue weighted by atomic mass is 9.92. The summed E-state index contributed by atoms with van der Waals surface area (Å²) in [6.45, 7) is 9.62. The van der Waals surface area contributed by atoms with Crippen molar-refractivity contribution in [2.45, 2.75) is 32.4 Å². The second-order valence-corrected chi connectivity index (χ2v) is 11.7. The molecule has 1 aliphatic rings. The van der Waals surface area contributed by atoms with Gasteiger partial charge in [-0.15, -0.1) is 0 Å². The average molecular weight is 623 g/mol. The van der Waals surface area contributed by atoms with Crippen molar-refractivity contribution in [3.63, 3.8) is 0 Å². The van der Waals surface area contributed by atoms with Gasteiger partial charge >= 0.3 is 6.18 Å². The summed E-state index contributed by atoms with van der Waals surface area (Å²) in [5.74, 6) is -2.39. The topological polar surface area (TPSA) is 103 Å². The Morgan fingerprint density at radius 3 is 2.33 bits per heavy atom. The Morgan fingerprint density at radius 2 is 1.64 bits per heavy atom. The number of anilines is 1. The molecule has 1 saturated heterocycles. The number of hydrogen-bond acceptors (Lipinski definition) is 7. The molecule has 5 rings (SSSR count). The highest BCUT2D eigenvalue weighted by molar-refractivity contribution is 6.48. The van der Waals surface area contributed by atoms with Crippen molar-refractivity contribution >= 4 is 34.2 Å². The van der Waals surface area contributed by atoms with Gasteiger partial charge in [0, 0.05) is 47.6 Å². The molecule has 0 atom stereocenters. The monoisotopic (exact) mass is 622 g/mol. The molecule has 236 valence electrons. The third kappa shape index (κ3) is 7.23. The third-order valence-electron chi connectivity index (χ3n) is 7.45. The van der Waals surface area contributed by atoms with Crippen LogP contribution in [0.1, 0.15) is 52.7 Å². The van der Waals surface area contributed by atoms with Gasteiger partial charge in [0.05, 0.1) is 24.5 Å². The number of carbonyl (C=O) groups is 3. The number of halogens is 3. The molecule has 0 radical (unpaired) electrons. The summed E-state index contributed by atoms with van der Waals surface area (Å²) in [4.78, 5) is 42.4. The van der Waals surface area contributed by atoms with E-state index in [-0.39, 0.29) is 16.9 Å². The number of benzene rings is 3. The molecule has 2 heterocycles. The molecule has 12 heteroatoms. The standard InChI is InChI=1S/C33H33F3N4O5/c1-32(2,3)27-20-28(40(38-27)31(43)21-7-6-8-22(19-21)33(34,35)36)37-30(42)29(41)25-11-12-26(24-10-5-4-9-23(24)25)45-18-15-39-13-16-44-17-14-39/h4-12,19-20H,13-18H2,1-3H3,(H,37,42). The molecule has 0 unspecified atom stereocenters. The van der Waals surface area contributed by atoms with E-state index in [1.807, 2.05) is 20.8 Å². The molecule has 1 aromatic heterocycles. The van der Waals surface area contributed by atoms with Crippen LogP contribution >= 0.6 is 0 Å². The Kier molecular flexibility index (Phi) is 9.08. The van der Waals surface area contributed by atoms with Gasteiger partial charge in [-0.3, -0.25) is 19.3 Å². The zero-order chi connectivity index (χ0) is 32.4. The first kappa shape index (κ1) is 31.9. The molecule has 3 aromatic carbocycles. The van der Waals surface area contributed by atoms with Crippen molar-refractivity contribution in [1.29, 1.82) is 0 Å². The summed E-state index contributed by atoms with van der Waals surface area (Å²) in [7, 11) is 0. The molecule has 1 fully saturated rings. The van der Waals surface area contributed by atoms with E-state index < -0.39 is 34.8 Å². The summed E-state index contributed by atoms with van der Waals surface area (Å²) in [6, 6.07) is 15.6. The van der Waals surface area contributed by atoms with Crippen LogP contribution in [0.5, 0.6) is 5.75 Å². The smallest absolute Gasteiger partial charge is 0.416 e. The first-order chi connectivity index (χ1) is 21.3. The number of amides is 1. The zero-order valence-corrected chi connectivity index (χ0v) is 25.1. The van der Waals surface area contributed by atoms with Gasteiger partial charge < -0.3 is 14.8 Å². The number of nitrogens with zero attached hydrogens (tertiary/aromatic N) is 3. The number of ether oxygens (including phenoxy) is 2. The second kappa shape index (κ2) is 12.8. The number of nitrogens with one attached hydrogen (secondary N) is 1. The van der Waals surface area contributed by atoms with Crippen LogP contribution in [0.15, 0.2) is 66.7 Å². The van der Waals surface area contributed by atoms with Gasteiger partial charge in [0.2, 0.25) is 0 Å². The van der Waals surface area contributed by atoms with Gasteiger partial charge in [-0.05, 0) is 35.7 Å². The fraction of sp³-hybridized carbons (Fsp3) is 0.333. The molecular formula is C33H33F3N4O5. The van der Waals surface area contributed by atoms with Gasteiger partial charge in [0.15, 0.2) is 0 Å². The summed E-state index contributed by atoms with van der Waals surface area (Å²) in [5, 5.41) is 7.92. The van der Waals surface area contributed by atoms with Crippen LogP contribution in [0.25, 0.3) is 10.8 Å². The quantitative estimate of drug-likeness (QED) is 0.202. The largest absolute Gasteiger partial charge is 0.492 e. The molecule has 1 aliphatic heterocycles. The third-order valence-corrected chi connectivity index (χ3v) is 7.45. The number of alkyl halides is 3. The maximum absolute atomic E-state index is 13.5. The van der Waals surface area contributed by atoms with Crippen molar-refractivity contribution in [1.82, 2.24) is 14.7 Å². The van der Waals surface area contributed by atoms with E-state index in [1.165, 1.54) is 18.2 Å². The van der Waals surface area contributed by atoms with Crippen LogP contribution in [0.2, 0.25) is 0 Å². The first-order valence-corrected chi connectivity index (χ1v) is 14.5. The van der Waals surface area contributed by atoms with E-state index in [0.29, 0.717) is 54.6 Å². The summed E-state index contributed by atoms with van der Waals surface area (Å²) in [5.41, 5.74) is -1.37. The zero-order valence-electron chi connectivity index (χ0n) is 25.1. The molecule has 0 saturated carbocycles. The summed E-state index contributed by atoms with van der Waals surface area (Å²) < 4.78 is 52.2. The van der Waals surface area contributed by atoms with Gasteiger partial charge in [0.1, 0.15) is 18.2 Å². The normalized spacial score (nSPS) is 14.4. The summed E-state index contributed by atoms with van der Waals surface area (Å²) >= 11 is 0. The fourth-order valence-electron chi connectivity index (χ4n) is 4.94. The molecule has 1 amide bonds. The molecule has 45 heavy (non-hydrogen) atoms. The number of morpholine rings is 1. The molecular weight excluding hydrogens is 589 g/mol. The minimum Gasteiger partial charge on any atom is -0.492 e. The van der Waals surface area contributed by atoms with Gasteiger partial charge in [0.25, 0.3) is 17.6 Å². The Labute approximate surface area is 257 Å². The Hall–Kier alpha value is -4.55. The van der Waals surface area contributed by atoms with Crippen LogP contribution in [-0.4, -0.2) is 71.7 Å². The maximum atomic E-state index is 13.5. The number of Topliss-reactive ketones (excluding diaryl/α,β-unsaturated/α-hetero) is 1. The van der Waals surface area contributed by atoms with Crippen molar-refractivity contribution in [2.24, 2.45) is 0 Å². The molecule has 0 aliphatic carbocycles. The molecule has 4 aromatic rings. The minimum absolute atomic E-state index is 0.120. The van der Waals surface area contributed by atoms with E-state index >= 15 is 0 Å². The highest BCUT2D eigenvalue weighted by atomic mass is 19.4. The average Bonchev–Trinajstić information content (AvgIpc) is 3.45. The van der Waals surface area contributed by atoms with Crippen molar-refractivity contribution in [3.8, 4) is 5.75 Å². The van der Waals surface area contributed by atoms with E-state index in [4.69, 9.17) is 9.47 Å². The number of rotatable bonds is 8. The lowest BCUT2D eigenvalue weighted by molar-refractivity contribution is -0.137.